The van der Waals surface area contributed by atoms with Gasteiger partial charge in [-0.3, -0.25) is 0 Å². The van der Waals surface area contributed by atoms with Crippen LogP contribution in [0.15, 0.2) is 114 Å². The number of aromatic nitrogens is 2. The third-order valence-electron chi connectivity index (χ3n) is 9.26. The van der Waals surface area contributed by atoms with Crippen LogP contribution in [-0.2, 0) is 13.5 Å². The third kappa shape index (κ3) is 4.16. The number of thiophene rings is 1. The van der Waals surface area contributed by atoms with E-state index in [-0.39, 0.29) is 6.04 Å². The average Bonchev–Trinajstić information content (AvgIpc) is 3.56. The number of fused-ring (bicyclic) bond motifs is 7. The predicted molar refractivity (Wildman–Crippen MR) is 178 cm³/mol. The lowest BCUT2D eigenvalue weighted by Gasteiger charge is -2.29. The highest BCUT2D eigenvalue weighted by atomic mass is 32.1. The van der Waals surface area contributed by atoms with Gasteiger partial charge in [0.05, 0.1) is 11.5 Å². The Morgan fingerprint density at radius 2 is 1.77 bits per heavy atom. The van der Waals surface area contributed by atoms with E-state index in [0.717, 1.165) is 24.0 Å². The molecule has 4 heteroatoms. The molecule has 0 saturated carbocycles. The number of hydrogen-bond acceptors (Lipinski definition) is 2. The van der Waals surface area contributed by atoms with Crippen molar-refractivity contribution in [2.24, 2.45) is 7.05 Å². The Balaban J connectivity index is 1.28. The summed E-state index contributed by atoms with van der Waals surface area (Å²) in [7, 11) is 2.13. The lowest BCUT2D eigenvalue weighted by Crippen LogP contribution is -2.46. The van der Waals surface area contributed by atoms with E-state index in [1.807, 2.05) is 11.3 Å². The first-order valence-corrected chi connectivity index (χ1v) is 15.9. The van der Waals surface area contributed by atoms with Gasteiger partial charge in [-0.05, 0) is 85.7 Å². The van der Waals surface area contributed by atoms with E-state index in [1.54, 1.807) is 0 Å². The van der Waals surface area contributed by atoms with Crippen LogP contribution in [0.25, 0.3) is 54.5 Å². The Morgan fingerprint density at radius 3 is 2.63 bits per heavy atom. The second-order valence-electron chi connectivity index (χ2n) is 12.0. The molecule has 3 nitrogen and oxygen atoms in total. The maximum absolute atomic E-state index is 6.77. The minimum atomic E-state index is 0.187. The summed E-state index contributed by atoms with van der Waals surface area (Å²) in [6.07, 6.45) is 8.47. The highest BCUT2D eigenvalue weighted by Gasteiger charge is 2.38. The van der Waals surface area contributed by atoms with Crippen molar-refractivity contribution in [3.63, 3.8) is 0 Å². The lowest BCUT2D eigenvalue weighted by atomic mass is 9.79. The summed E-state index contributed by atoms with van der Waals surface area (Å²) in [6.45, 7) is 8.66. The van der Waals surface area contributed by atoms with Gasteiger partial charge in [0, 0.05) is 49.7 Å². The Morgan fingerprint density at radius 1 is 0.907 bits per heavy atom. The summed E-state index contributed by atoms with van der Waals surface area (Å²) in [5.41, 5.74) is 10.9. The molecule has 2 atom stereocenters. The summed E-state index contributed by atoms with van der Waals surface area (Å²) in [6, 6.07) is 31.4. The number of aryl methyl sites for hydroxylation is 4. The van der Waals surface area contributed by atoms with Gasteiger partial charge in [-0.15, -0.1) is 11.3 Å². The van der Waals surface area contributed by atoms with E-state index in [1.165, 1.54) is 64.9 Å². The number of pyridine rings is 2. The molecule has 210 valence electrons. The smallest absolute Gasteiger partial charge is 0.216 e. The fourth-order valence-electron chi connectivity index (χ4n) is 7.27. The number of benzene rings is 3. The maximum Gasteiger partial charge on any atom is 0.216 e. The van der Waals surface area contributed by atoms with Gasteiger partial charge < -0.3 is 4.42 Å². The van der Waals surface area contributed by atoms with Crippen molar-refractivity contribution in [1.29, 1.82) is 0 Å². The molecule has 1 aliphatic heterocycles. The van der Waals surface area contributed by atoms with Crippen molar-refractivity contribution < 1.29 is 13.6 Å². The number of furan rings is 1. The molecule has 4 aromatic heterocycles. The maximum atomic E-state index is 6.77. The molecule has 0 aliphatic carbocycles. The second kappa shape index (κ2) is 10.0. The Bertz CT molecular complexity index is 2220. The third-order valence-corrected chi connectivity index (χ3v) is 10.3. The first kappa shape index (κ1) is 26.1. The molecule has 0 spiro atoms. The number of allylic oxidation sites excluding steroid dienone is 1. The van der Waals surface area contributed by atoms with Crippen LogP contribution in [0.1, 0.15) is 39.9 Å². The van der Waals surface area contributed by atoms with Crippen LogP contribution in [0, 0.1) is 13.8 Å². The average molecular weight is 579 g/mol. The predicted octanol–water partition coefficient (Wildman–Crippen LogP) is 9.32. The number of nitrogens with zero attached hydrogens (tertiary/aromatic N) is 2. The zero-order chi connectivity index (χ0) is 29.2. The van der Waals surface area contributed by atoms with Crippen LogP contribution in [0.5, 0.6) is 0 Å². The lowest BCUT2D eigenvalue weighted by molar-refractivity contribution is -0.707. The summed E-state index contributed by atoms with van der Waals surface area (Å²) in [4.78, 5) is 1.32. The minimum Gasteiger partial charge on any atom is -0.455 e. The fraction of sp³-hybridized carbons (Fsp3) is 0.179. The second-order valence-corrected chi connectivity index (χ2v) is 13.3. The van der Waals surface area contributed by atoms with E-state index in [9.17, 15) is 0 Å². The van der Waals surface area contributed by atoms with Crippen LogP contribution in [0.3, 0.4) is 0 Å². The molecule has 0 fully saturated rings. The number of hydrogen-bond donors (Lipinski definition) is 0. The monoisotopic (exact) mass is 578 g/mol. The molecule has 8 rings (SSSR count). The van der Waals surface area contributed by atoms with Crippen LogP contribution < -0.4 is 9.13 Å². The topological polar surface area (TPSA) is 20.9 Å². The summed E-state index contributed by atoms with van der Waals surface area (Å²) >= 11 is 1.83. The van der Waals surface area contributed by atoms with Gasteiger partial charge in [-0.25, -0.2) is 4.57 Å². The standard InChI is InChI=1S/C39H34N2OS/c1-5-33-30(28-10-6-7-11-29(28)34-18-13-24(2)23-41(33)34)16-14-26-15-17-31-32-21-27-20-25(3)43-37(27)22-36(32)42-39(31)38(26)35-12-8-9-19-40(35)4/h5-13,15,17-23,30,33H,1,14,16H2,2-4H3/q+2. The van der Waals surface area contributed by atoms with Gasteiger partial charge in [0.2, 0.25) is 11.4 Å². The molecule has 2 unspecified atom stereocenters. The van der Waals surface area contributed by atoms with Crippen molar-refractivity contribution in [2.45, 2.75) is 38.6 Å². The van der Waals surface area contributed by atoms with E-state index in [2.05, 4.69) is 140 Å². The molecule has 1 aliphatic rings. The van der Waals surface area contributed by atoms with Gasteiger partial charge in [0.1, 0.15) is 18.2 Å². The van der Waals surface area contributed by atoms with Gasteiger partial charge >= 0.3 is 0 Å². The van der Waals surface area contributed by atoms with Crippen molar-refractivity contribution >= 4 is 43.4 Å². The van der Waals surface area contributed by atoms with Crippen molar-refractivity contribution in [3.8, 4) is 22.5 Å². The van der Waals surface area contributed by atoms with Gasteiger partial charge in [0.15, 0.2) is 18.4 Å². The molecule has 0 radical (unpaired) electrons. The van der Waals surface area contributed by atoms with Gasteiger partial charge in [0.25, 0.3) is 0 Å². The van der Waals surface area contributed by atoms with Crippen molar-refractivity contribution in [2.75, 3.05) is 0 Å². The molecule has 0 bridgehead atoms. The largest absolute Gasteiger partial charge is 0.455 e. The first-order chi connectivity index (χ1) is 21.0. The summed E-state index contributed by atoms with van der Waals surface area (Å²) < 4.78 is 12.7. The van der Waals surface area contributed by atoms with E-state index in [0.29, 0.717) is 5.92 Å². The van der Waals surface area contributed by atoms with Crippen LogP contribution >= 0.6 is 11.3 Å². The zero-order valence-electron chi connectivity index (χ0n) is 24.8. The molecule has 5 heterocycles. The van der Waals surface area contributed by atoms with Crippen molar-refractivity contribution in [3.05, 3.63) is 132 Å². The summed E-state index contributed by atoms with van der Waals surface area (Å²) in [5, 5.41) is 3.64. The van der Waals surface area contributed by atoms with Gasteiger partial charge in [-0.2, -0.15) is 4.57 Å². The highest BCUT2D eigenvalue weighted by molar-refractivity contribution is 7.19. The van der Waals surface area contributed by atoms with Crippen LogP contribution in [-0.4, -0.2) is 0 Å². The number of rotatable bonds is 5. The van der Waals surface area contributed by atoms with Gasteiger partial charge in [-0.1, -0.05) is 36.9 Å². The van der Waals surface area contributed by atoms with E-state index in [4.69, 9.17) is 4.42 Å². The highest BCUT2D eigenvalue weighted by Crippen LogP contribution is 2.44. The van der Waals surface area contributed by atoms with Crippen LogP contribution in [0.4, 0.5) is 0 Å². The quantitative estimate of drug-likeness (QED) is 0.147. The molecule has 0 N–H and O–H groups in total. The summed E-state index contributed by atoms with van der Waals surface area (Å²) in [5.74, 6) is 0.312. The van der Waals surface area contributed by atoms with Crippen LogP contribution in [0.2, 0.25) is 0 Å². The Hall–Kier alpha value is -4.54. The normalized spacial score (nSPS) is 16.1. The molecule has 0 amide bonds. The molecule has 43 heavy (non-hydrogen) atoms. The first-order valence-electron chi connectivity index (χ1n) is 15.1. The zero-order valence-corrected chi connectivity index (χ0v) is 25.6. The molecule has 3 aromatic carbocycles. The molecular weight excluding hydrogens is 545 g/mol. The van der Waals surface area contributed by atoms with E-state index >= 15 is 0 Å². The minimum absolute atomic E-state index is 0.187. The molecular formula is C39H34N2OS+2. The molecule has 0 saturated heterocycles. The SMILES string of the molecule is C=CC1C(CCc2ccc3c(oc4cc5sc(C)cc5cc43)c2-c2cccc[n+]2C)c2ccccc2-c2ccc(C)c[n+]21. The molecule has 7 aromatic rings. The van der Waals surface area contributed by atoms with Crippen molar-refractivity contribution in [1.82, 2.24) is 0 Å². The fourth-order valence-corrected chi connectivity index (χ4v) is 8.20. The Labute approximate surface area is 256 Å². The van der Waals surface area contributed by atoms with E-state index < -0.39 is 0 Å². The Kier molecular flexibility index (Phi) is 6.09.